The largest absolute Gasteiger partial charge is 0.489 e. The molecule has 1 heterocycles. The Bertz CT molecular complexity index is 1020. The molecule has 0 spiro atoms. The zero-order valence-corrected chi connectivity index (χ0v) is 14.7. The lowest BCUT2D eigenvalue weighted by molar-refractivity contribution is -0.111. The third-order valence-electron chi connectivity index (χ3n) is 3.70. The Hall–Kier alpha value is -3.34. The lowest BCUT2D eigenvalue weighted by Crippen LogP contribution is -2.13. The summed E-state index contributed by atoms with van der Waals surface area (Å²) in [7, 11) is 0. The molecular weight excluding hydrogens is 328 g/mol. The molecule has 0 aliphatic carbocycles. The second kappa shape index (κ2) is 7.70. The van der Waals surface area contributed by atoms with Gasteiger partial charge in [-0.15, -0.1) is 0 Å². The number of anilines is 1. The van der Waals surface area contributed by atoms with E-state index in [0.29, 0.717) is 17.0 Å². The van der Waals surface area contributed by atoms with Gasteiger partial charge in [-0.2, -0.15) is 0 Å². The Balaban J connectivity index is 1.78. The summed E-state index contributed by atoms with van der Waals surface area (Å²) in [6.45, 7) is 3.84. The molecule has 0 aliphatic heterocycles. The van der Waals surface area contributed by atoms with E-state index in [0.717, 1.165) is 10.9 Å². The predicted octanol–water partition coefficient (Wildman–Crippen LogP) is 3.97. The van der Waals surface area contributed by atoms with E-state index in [1.54, 1.807) is 18.2 Å². The third-order valence-corrected chi connectivity index (χ3v) is 3.70. The first-order valence-electron chi connectivity index (χ1n) is 8.40. The molecule has 5 heteroatoms. The minimum absolute atomic E-state index is 0.000229. The maximum Gasteiger partial charge on any atom is 0.255 e. The van der Waals surface area contributed by atoms with E-state index in [1.807, 2.05) is 50.2 Å². The highest BCUT2D eigenvalue weighted by Crippen LogP contribution is 2.24. The normalized spacial score (nSPS) is 11.2. The van der Waals surface area contributed by atoms with Crippen molar-refractivity contribution in [2.75, 3.05) is 5.32 Å². The molecule has 0 unspecified atom stereocenters. The van der Waals surface area contributed by atoms with Crippen molar-refractivity contribution in [3.63, 3.8) is 0 Å². The van der Waals surface area contributed by atoms with Gasteiger partial charge in [0.05, 0.1) is 11.8 Å². The minimum Gasteiger partial charge on any atom is -0.489 e. The Kier molecular flexibility index (Phi) is 5.17. The number of hydrogen-bond acceptors (Lipinski definition) is 3. The van der Waals surface area contributed by atoms with Crippen molar-refractivity contribution in [3.05, 3.63) is 76.6 Å². The molecule has 0 saturated carbocycles. The molecule has 26 heavy (non-hydrogen) atoms. The van der Waals surface area contributed by atoms with E-state index in [-0.39, 0.29) is 17.6 Å². The number of amides is 1. The van der Waals surface area contributed by atoms with Crippen molar-refractivity contribution < 1.29 is 9.53 Å². The summed E-state index contributed by atoms with van der Waals surface area (Å²) < 4.78 is 5.68. The molecule has 132 valence electrons. The van der Waals surface area contributed by atoms with Crippen LogP contribution in [-0.4, -0.2) is 17.0 Å². The van der Waals surface area contributed by atoms with E-state index >= 15 is 0 Å². The number of nitrogens with one attached hydrogen (secondary N) is 2. The Morgan fingerprint density at radius 2 is 1.85 bits per heavy atom. The van der Waals surface area contributed by atoms with Crippen molar-refractivity contribution in [3.8, 4) is 5.75 Å². The number of pyridine rings is 1. The SMILES string of the molecule is CC(C)Oc1ccccc1NC(=O)/C=C/c1cc2ccccc2[nH]c1=O. The monoisotopic (exact) mass is 348 g/mol. The standard InChI is InChI=1S/C21H20N2O3/c1-14(2)26-19-10-6-5-9-18(19)22-20(24)12-11-16-13-15-7-3-4-8-17(15)23-21(16)25/h3-14H,1-2H3,(H,22,24)(H,23,25)/b12-11+. The van der Waals surface area contributed by atoms with E-state index in [4.69, 9.17) is 4.74 Å². The van der Waals surface area contributed by atoms with Crippen LogP contribution in [-0.2, 0) is 4.79 Å². The van der Waals surface area contributed by atoms with Gasteiger partial charge in [-0.1, -0.05) is 30.3 Å². The highest BCUT2D eigenvalue weighted by molar-refractivity contribution is 6.02. The Morgan fingerprint density at radius 3 is 2.65 bits per heavy atom. The summed E-state index contributed by atoms with van der Waals surface area (Å²) in [4.78, 5) is 27.2. The number of hydrogen-bond donors (Lipinski definition) is 2. The van der Waals surface area contributed by atoms with E-state index < -0.39 is 0 Å². The van der Waals surface area contributed by atoms with Crippen LogP contribution < -0.4 is 15.6 Å². The maximum absolute atomic E-state index is 12.2. The molecule has 0 bridgehead atoms. The second-order valence-corrected chi connectivity index (χ2v) is 6.13. The molecular formula is C21H20N2O3. The lowest BCUT2D eigenvalue weighted by Gasteiger charge is -2.14. The number of benzene rings is 2. The second-order valence-electron chi connectivity index (χ2n) is 6.13. The average Bonchev–Trinajstić information content (AvgIpc) is 2.61. The lowest BCUT2D eigenvalue weighted by atomic mass is 10.1. The number of ether oxygens (including phenoxy) is 1. The molecule has 5 nitrogen and oxygen atoms in total. The Labute approximate surface area is 151 Å². The summed E-state index contributed by atoms with van der Waals surface area (Å²) in [5.74, 6) is 0.269. The van der Waals surface area contributed by atoms with Gasteiger partial charge < -0.3 is 15.0 Å². The fourth-order valence-corrected chi connectivity index (χ4v) is 2.55. The van der Waals surface area contributed by atoms with Crippen molar-refractivity contribution in [2.45, 2.75) is 20.0 Å². The molecule has 1 amide bonds. The first-order valence-corrected chi connectivity index (χ1v) is 8.40. The number of carbonyl (C=O) groups is 1. The first kappa shape index (κ1) is 17.5. The number of rotatable bonds is 5. The topological polar surface area (TPSA) is 71.2 Å². The van der Waals surface area contributed by atoms with Crippen molar-refractivity contribution >= 4 is 28.6 Å². The van der Waals surface area contributed by atoms with Crippen molar-refractivity contribution in [2.24, 2.45) is 0 Å². The summed E-state index contributed by atoms with van der Waals surface area (Å²) >= 11 is 0. The number of fused-ring (bicyclic) bond motifs is 1. The van der Waals surface area contributed by atoms with Crippen LogP contribution >= 0.6 is 0 Å². The molecule has 0 atom stereocenters. The van der Waals surface area contributed by atoms with Crippen LogP contribution in [0.4, 0.5) is 5.69 Å². The fraction of sp³-hybridized carbons (Fsp3) is 0.143. The van der Waals surface area contributed by atoms with Gasteiger partial charge in [0.15, 0.2) is 0 Å². The molecule has 0 saturated heterocycles. The molecule has 3 aromatic rings. The zero-order chi connectivity index (χ0) is 18.5. The maximum atomic E-state index is 12.2. The number of aromatic nitrogens is 1. The quantitative estimate of drug-likeness (QED) is 0.686. The van der Waals surface area contributed by atoms with Crippen molar-refractivity contribution in [1.82, 2.24) is 4.98 Å². The minimum atomic E-state index is -0.336. The average molecular weight is 348 g/mol. The van der Waals surface area contributed by atoms with Crippen LogP contribution in [0.5, 0.6) is 5.75 Å². The smallest absolute Gasteiger partial charge is 0.255 e. The van der Waals surface area contributed by atoms with Gasteiger partial charge in [0, 0.05) is 17.2 Å². The van der Waals surface area contributed by atoms with Crippen LogP contribution in [0, 0.1) is 0 Å². The summed E-state index contributed by atoms with van der Waals surface area (Å²) in [6.07, 6.45) is 2.85. The zero-order valence-electron chi connectivity index (χ0n) is 14.7. The molecule has 2 aromatic carbocycles. The molecule has 2 N–H and O–H groups in total. The Morgan fingerprint density at radius 1 is 1.12 bits per heavy atom. The third kappa shape index (κ3) is 4.19. The number of H-pyrrole nitrogens is 1. The van der Waals surface area contributed by atoms with Gasteiger partial charge in [0.2, 0.25) is 5.91 Å². The van der Waals surface area contributed by atoms with E-state index in [2.05, 4.69) is 10.3 Å². The highest BCUT2D eigenvalue weighted by atomic mass is 16.5. The van der Waals surface area contributed by atoms with Crippen LogP contribution in [0.2, 0.25) is 0 Å². The van der Waals surface area contributed by atoms with Gasteiger partial charge in [0.1, 0.15) is 5.75 Å². The predicted molar refractivity (Wildman–Crippen MR) is 104 cm³/mol. The van der Waals surface area contributed by atoms with Gasteiger partial charge in [-0.3, -0.25) is 9.59 Å². The van der Waals surface area contributed by atoms with Gasteiger partial charge in [0.25, 0.3) is 5.56 Å². The number of aromatic amines is 1. The highest BCUT2D eigenvalue weighted by Gasteiger charge is 2.07. The molecule has 0 fully saturated rings. The molecule has 0 radical (unpaired) electrons. The van der Waals surface area contributed by atoms with Gasteiger partial charge >= 0.3 is 0 Å². The van der Waals surface area contributed by atoms with Crippen LogP contribution in [0.15, 0.2) is 65.5 Å². The van der Waals surface area contributed by atoms with Crippen LogP contribution in [0.25, 0.3) is 17.0 Å². The van der Waals surface area contributed by atoms with Gasteiger partial charge in [-0.05, 0) is 49.6 Å². The molecule has 0 aliphatic rings. The summed E-state index contributed by atoms with van der Waals surface area (Å²) in [6, 6.07) is 16.5. The van der Waals surface area contributed by atoms with E-state index in [1.165, 1.54) is 12.2 Å². The van der Waals surface area contributed by atoms with E-state index in [9.17, 15) is 9.59 Å². The van der Waals surface area contributed by atoms with Crippen molar-refractivity contribution in [1.29, 1.82) is 0 Å². The first-order chi connectivity index (χ1) is 12.5. The molecule has 1 aromatic heterocycles. The van der Waals surface area contributed by atoms with Crippen LogP contribution in [0.3, 0.4) is 0 Å². The number of carbonyl (C=O) groups excluding carboxylic acids is 1. The van der Waals surface area contributed by atoms with Gasteiger partial charge in [-0.25, -0.2) is 0 Å². The fourth-order valence-electron chi connectivity index (χ4n) is 2.55. The number of para-hydroxylation sites is 3. The summed E-state index contributed by atoms with van der Waals surface area (Å²) in [5, 5.41) is 3.69. The summed E-state index contributed by atoms with van der Waals surface area (Å²) in [5.41, 5.74) is 1.53. The molecule has 3 rings (SSSR count). The van der Waals surface area contributed by atoms with Crippen LogP contribution in [0.1, 0.15) is 19.4 Å².